The molecule has 0 saturated heterocycles. The first-order chi connectivity index (χ1) is 9.99. The van der Waals surface area contributed by atoms with Gasteiger partial charge in [-0.05, 0) is 30.3 Å². The summed E-state index contributed by atoms with van der Waals surface area (Å²) in [7, 11) is 1.44. The molecular formula is C15H15FN2O3. The molecule has 5 nitrogen and oxygen atoms in total. The zero-order valence-electron chi connectivity index (χ0n) is 11.4. The van der Waals surface area contributed by atoms with Crippen molar-refractivity contribution in [1.29, 1.82) is 0 Å². The van der Waals surface area contributed by atoms with E-state index in [9.17, 15) is 9.18 Å². The number of esters is 1. The molecule has 0 amide bonds. The normalized spacial score (nSPS) is 10.2. The van der Waals surface area contributed by atoms with Crippen molar-refractivity contribution in [3.8, 4) is 5.75 Å². The number of halogens is 1. The van der Waals surface area contributed by atoms with Gasteiger partial charge < -0.3 is 20.9 Å². The van der Waals surface area contributed by atoms with Crippen LogP contribution in [0.1, 0.15) is 15.9 Å². The predicted molar refractivity (Wildman–Crippen MR) is 77.3 cm³/mol. The molecule has 2 aromatic carbocycles. The van der Waals surface area contributed by atoms with Gasteiger partial charge in [0, 0.05) is 23.0 Å². The smallest absolute Gasteiger partial charge is 0.338 e. The lowest BCUT2D eigenvalue weighted by Crippen LogP contribution is -2.07. The second kappa shape index (κ2) is 6.13. The molecule has 0 aromatic heterocycles. The fraction of sp³-hybridized carbons (Fsp3) is 0.133. The number of hydrogen-bond donors (Lipinski definition) is 2. The molecule has 0 atom stereocenters. The van der Waals surface area contributed by atoms with Crippen molar-refractivity contribution >= 4 is 17.3 Å². The van der Waals surface area contributed by atoms with Gasteiger partial charge in [-0.1, -0.05) is 0 Å². The van der Waals surface area contributed by atoms with Gasteiger partial charge in [0.1, 0.15) is 18.2 Å². The fourth-order valence-electron chi connectivity index (χ4n) is 1.79. The molecule has 0 unspecified atom stereocenters. The molecule has 2 rings (SSSR count). The topological polar surface area (TPSA) is 87.6 Å². The van der Waals surface area contributed by atoms with E-state index in [0.717, 1.165) is 0 Å². The highest BCUT2D eigenvalue weighted by molar-refractivity contribution is 5.91. The summed E-state index contributed by atoms with van der Waals surface area (Å²) in [5.74, 6) is -0.732. The zero-order valence-corrected chi connectivity index (χ0v) is 11.4. The summed E-state index contributed by atoms with van der Waals surface area (Å²) in [6.07, 6.45) is 0. The van der Waals surface area contributed by atoms with E-state index in [4.69, 9.17) is 20.9 Å². The third-order valence-corrected chi connectivity index (χ3v) is 2.83. The Morgan fingerprint density at radius 2 is 1.81 bits per heavy atom. The Morgan fingerprint density at radius 1 is 1.14 bits per heavy atom. The van der Waals surface area contributed by atoms with Crippen LogP contribution in [0.15, 0.2) is 36.4 Å². The van der Waals surface area contributed by atoms with Gasteiger partial charge in [0.25, 0.3) is 0 Å². The van der Waals surface area contributed by atoms with Crippen LogP contribution in [0, 0.1) is 5.82 Å². The minimum Gasteiger partial charge on any atom is -0.497 e. The molecular weight excluding hydrogens is 275 g/mol. The number of ether oxygens (including phenoxy) is 2. The molecule has 0 bridgehead atoms. The van der Waals surface area contributed by atoms with Crippen LogP contribution in [0.5, 0.6) is 5.75 Å². The molecule has 2 aromatic rings. The summed E-state index contributed by atoms with van der Waals surface area (Å²) >= 11 is 0. The lowest BCUT2D eigenvalue weighted by atomic mass is 10.2. The van der Waals surface area contributed by atoms with Crippen molar-refractivity contribution in [2.45, 2.75) is 6.61 Å². The van der Waals surface area contributed by atoms with Crippen LogP contribution in [0.4, 0.5) is 15.8 Å². The van der Waals surface area contributed by atoms with Crippen molar-refractivity contribution in [3.05, 3.63) is 53.3 Å². The van der Waals surface area contributed by atoms with E-state index in [1.807, 2.05) is 0 Å². The van der Waals surface area contributed by atoms with Crippen LogP contribution in [-0.2, 0) is 11.3 Å². The van der Waals surface area contributed by atoms with E-state index in [1.165, 1.54) is 37.4 Å². The van der Waals surface area contributed by atoms with Gasteiger partial charge in [-0.2, -0.15) is 0 Å². The third kappa shape index (κ3) is 3.62. The average Bonchev–Trinajstić information content (AvgIpc) is 2.44. The number of nitrogens with two attached hydrogens (primary N) is 2. The Balaban J connectivity index is 2.07. The van der Waals surface area contributed by atoms with E-state index >= 15 is 0 Å². The monoisotopic (exact) mass is 290 g/mol. The van der Waals surface area contributed by atoms with Gasteiger partial charge in [-0.3, -0.25) is 0 Å². The number of methoxy groups -OCH3 is 1. The quantitative estimate of drug-likeness (QED) is 0.666. The second-order valence-electron chi connectivity index (χ2n) is 4.42. The van der Waals surface area contributed by atoms with Gasteiger partial charge >= 0.3 is 5.97 Å². The minimum absolute atomic E-state index is 0.191. The van der Waals surface area contributed by atoms with Crippen LogP contribution < -0.4 is 16.2 Å². The first-order valence-electron chi connectivity index (χ1n) is 6.15. The van der Waals surface area contributed by atoms with E-state index in [0.29, 0.717) is 17.1 Å². The van der Waals surface area contributed by atoms with E-state index in [2.05, 4.69) is 0 Å². The second-order valence-corrected chi connectivity index (χ2v) is 4.42. The maximum absolute atomic E-state index is 13.7. The van der Waals surface area contributed by atoms with Crippen LogP contribution in [0.2, 0.25) is 0 Å². The molecule has 21 heavy (non-hydrogen) atoms. The zero-order chi connectivity index (χ0) is 15.4. The van der Waals surface area contributed by atoms with E-state index < -0.39 is 11.8 Å². The number of rotatable bonds is 4. The van der Waals surface area contributed by atoms with Crippen molar-refractivity contribution in [2.75, 3.05) is 18.6 Å². The number of nitrogen functional groups attached to an aromatic ring is 2. The van der Waals surface area contributed by atoms with Crippen LogP contribution in [-0.4, -0.2) is 13.1 Å². The molecule has 0 saturated carbocycles. The highest BCUT2D eigenvalue weighted by Crippen LogP contribution is 2.18. The molecule has 0 aliphatic heterocycles. The van der Waals surface area contributed by atoms with Gasteiger partial charge in [-0.25, -0.2) is 9.18 Å². The molecule has 6 heteroatoms. The summed E-state index contributed by atoms with van der Waals surface area (Å²) in [5, 5.41) is 0. The highest BCUT2D eigenvalue weighted by Gasteiger charge is 2.11. The number of carbonyl (C=O) groups excluding carboxylic acids is 1. The van der Waals surface area contributed by atoms with Crippen molar-refractivity contribution in [3.63, 3.8) is 0 Å². The van der Waals surface area contributed by atoms with Gasteiger partial charge in [0.15, 0.2) is 0 Å². The Kier molecular flexibility index (Phi) is 4.27. The molecule has 0 fully saturated rings. The molecule has 110 valence electrons. The van der Waals surface area contributed by atoms with E-state index in [-0.39, 0.29) is 17.7 Å². The molecule has 0 aliphatic rings. The Hall–Kier alpha value is -2.76. The summed E-state index contributed by atoms with van der Waals surface area (Å²) in [6.45, 7) is -0.191. The number of hydrogen-bond acceptors (Lipinski definition) is 5. The van der Waals surface area contributed by atoms with Crippen LogP contribution >= 0.6 is 0 Å². The number of anilines is 2. The molecule has 0 spiro atoms. The maximum atomic E-state index is 13.7. The summed E-state index contributed by atoms with van der Waals surface area (Å²) in [5.41, 5.74) is 12.4. The third-order valence-electron chi connectivity index (χ3n) is 2.83. The standard InChI is InChI=1S/C15H15FN2O3/c1-20-13-3-2-9(14(16)7-13)8-21-15(19)10-4-11(17)6-12(18)5-10/h2-7H,8,17-18H2,1H3. The molecule has 0 heterocycles. The Morgan fingerprint density at radius 3 is 2.38 bits per heavy atom. The Labute approximate surface area is 121 Å². The summed E-state index contributed by atoms with van der Waals surface area (Å²) in [6, 6.07) is 8.73. The highest BCUT2D eigenvalue weighted by atomic mass is 19.1. The van der Waals surface area contributed by atoms with Gasteiger partial charge in [0.05, 0.1) is 12.7 Å². The molecule has 4 N–H and O–H groups in total. The average molecular weight is 290 g/mol. The maximum Gasteiger partial charge on any atom is 0.338 e. The summed E-state index contributed by atoms with van der Waals surface area (Å²) < 4.78 is 23.7. The number of carbonyl (C=O) groups is 1. The lowest BCUT2D eigenvalue weighted by Gasteiger charge is -2.08. The van der Waals surface area contributed by atoms with Gasteiger partial charge in [0.2, 0.25) is 0 Å². The largest absolute Gasteiger partial charge is 0.497 e. The van der Waals surface area contributed by atoms with Crippen molar-refractivity contribution in [2.24, 2.45) is 0 Å². The summed E-state index contributed by atoms with van der Waals surface area (Å²) in [4.78, 5) is 11.9. The molecule has 0 aliphatic carbocycles. The van der Waals surface area contributed by atoms with Crippen molar-refractivity contribution in [1.82, 2.24) is 0 Å². The Bertz CT molecular complexity index is 654. The first-order valence-corrected chi connectivity index (χ1v) is 6.15. The van der Waals surface area contributed by atoms with Gasteiger partial charge in [-0.15, -0.1) is 0 Å². The first kappa shape index (κ1) is 14.6. The lowest BCUT2D eigenvalue weighted by molar-refractivity contribution is 0.0469. The van der Waals surface area contributed by atoms with Crippen LogP contribution in [0.3, 0.4) is 0 Å². The minimum atomic E-state index is -0.621. The van der Waals surface area contributed by atoms with E-state index in [1.54, 1.807) is 6.07 Å². The van der Waals surface area contributed by atoms with Crippen LogP contribution in [0.25, 0.3) is 0 Å². The predicted octanol–water partition coefficient (Wildman–Crippen LogP) is 2.36. The SMILES string of the molecule is COc1ccc(COC(=O)c2cc(N)cc(N)c2)c(F)c1. The fourth-order valence-corrected chi connectivity index (χ4v) is 1.79. The molecule has 0 radical (unpaired) electrons. The number of benzene rings is 2. The van der Waals surface area contributed by atoms with Crippen molar-refractivity contribution < 1.29 is 18.7 Å².